The lowest BCUT2D eigenvalue weighted by atomic mass is 10.1. The van der Waals surface area contributed by atoms with Crippen molar-refractivity contribution in [1.82, 2.24) is 20.0 Å². The van der Waals surface area contributed by atoms with Gasteiger partial charge in [0.25, 0.3) is 5.91 Å². The standard InChI is InChI=1S/C25H26N6O6S/c1-17(32)19-7-10-21(23(14-19)38(26,34)35)29-25(33)22-15-37-24(28-22)16-36-20-8-5-18(6-9-20)4-2-3-12-31-13-11-27-30-31/h5-11,13-15H,2-4,12,16H2,1H3,(H,29,33)(H2,26,34,35). The Hall–Kier alpha value is -4.36. The monoisotopic (exact) mass is 538 g/mol. The van der Waals surface area contributed by atoms with Crippen molar-refractivity contribution in [3.63, 3.8) is 0 Å². The van der Waals surface area contributed by atoms with Crippen LogP contribution in [0.4, 0.5) is 5.69 Å². The third-order valence-corrected chi connectivity index (χ3v) is 6.54. The topological polar surface area (TPSA) is 172 Å². The number of unbranched alkanes of at least 4 members (excludes halogenated alkanes) is 1. The summed E-state index contributed by atoms with van der Waals surface area (Å²) in [5, 5.41) is 15.4. The van der Waals surface area contributed by atoms with E-state index in [4.69, 9.17) is 14.3 Å². The lowest BCUT2D eigenvalue weighted by molar-refractivity contribution is 0.101. The Bertz CT molecular complexity index is 1510. The van der Waals surface area contributed by atoms with Crippen molar-refractivity contribution in [1.29, 1.82) is 0 Å². The Labute approximate surface area is 218 Å². The maximum Gasteiger partial charge on any atom is 0.277 e. The van der Waals surface area contributed by atoms with Gasteiger partial charge in [-0.1, -0.05) is 17.3 Å². The molecule has 0 bridgehead atoms. The van der Waals surface area contributed by atoms with Crippen molar-refractivity contribution < 1.29 is 27.2 Å². The van der Waals surface area contributed by atoms with Gasteiger partial charge in [0.15, 0.2) is 18.1 Å². The molecule has 38 heavy (non-hydrogen) atoms. The van der Waals surface area contributed by atoms with Crippen molar-refractivity contribution in [3.05, 3.63) is 83.8 Å². The molecule has 13 heteroatoms. The number of hydrogen-bond acceptors (Lipinski definition) is 9. The number of sulfonamides is 1. The van der Waals surface area contributed by atoms with Gasteiger partial charge in [-0.05, 0) is 62.1 Å². The highest BCUT2D eigenvalue weighted by atomic mass is 32.2. The number of aromatic nitrogens is 4. The Morgan fingerprint density at radius 2 is 1.92 bits per heavy atom. The zero-order chi connectivity index (χ0) is 27.1. The van der Waals surface area contributed by atoms with E-state index in [1.165, 1.54) is 24.6 Å². The second-order valence-electron chi connectivity index (χ2n) is 8.45. The van der Waals surface area contributed by atoms with Crippen LogP contribution in [0.25, 0.3) is 0 Å². The van der Waals surface area contributed by atoms with E-state index in [1.807, 2.05) is 35.1 Å². The van der Waals surface area contributed by atoms with E-state index < -0.39 is 15.9 Å². The number of benzene rings is 2. The molecule has 0 radical (unpaired) electrons. The predicted molar refractivity (Wildman–Crippen MR) is 136 cm³/mol. The Kier molecular flexibility index (Phi) is 8.28. The smallest absolute Gasteiger partial charge is 0.277 e. The number of nitrogens with one attached hydrogen (secondary N) is 1. The molecular formula is C25H26N6O6S. The fraction of sp³-hybridized carbons (Fsp3) is 0.240. The number of hydrogen-bond donors (Lipinski definition) is 2. The van der Waals surface area contributed by atoms with Crippen LogP contribution >= 0.6 is 0 Å². The maximum atomic E-state index is 12.6. The average molecular weight is 539 g/mol. The molecule has 4 rings (SSSR count). The molecule has 0 fully saturated rings. The zero-order valence-corrected chi connectivity index (χ0v) is 21.3. The van der Waals surface area contributed by atoms with Gasteiger partial charge in [0, 0.05) is 18.3 Å². The summed E-state index contributed by atoms with van der Waals surface area (Å²) in [6.45, 7) is 2.11. The number of ether oxygens (including phenoxy) is 1. The quantitative estimate of drug-likeness (QED) is 0.203. The first-order valence-corrected chi connectivity index (χ1v) is 13.2. The highest BCUT2D eigenvalue weighted by Gasteiger charge is 2.20. The van der Waals surface area contributed by atoms with Crippen molar-refractivity contribution in [2.75, 3.05) is 5.32 Å². The Balaban J connectivity index is 1.29. The Morgan fingerprint density at radius 1 is 1.13 bits per heavy atom. The van der Waals surface area contributed by atoms with Gasteiger partial charge in [0.1, 0.15) is 16.9 Å². The largest absolute Gasteiger partial charge is 0.484 e. The molecule has 0 aliphatic rings. The number of rotatable bonds is 12. The normalized spacial score (nSPS) is 11.3. The molecule has 2 aromatic heterocycles. The number of aryl methyl sites for hydroxylation is 2. The maximum absolute atomic E-state index is 12.6. The van der Waals surface area contributed by atoms with Gasteiger partial charge >= 0.3 is 0 Å². The van der Waals surface area contributed by atoms with Crippen molar-refractivity contribution in [2.45, 2.75) is 44.2 Å². The fourth-order valence-electron chi connectivity index (χ4n) is 3.60. The fourth-order valence-corrected chi connectivity index (χ4v) is 4.32. The molecule has 0 aliphatic carbocycles. The van der Waals surface area contributed by atoms with Gasteiger partial charge in [-0.25, -0.2) is 18.5 Å². The van der Waals surface area contributed by atoms with Crippen LogP contribution in [0.3, 0.4) is 0 Å². The van der Waals surface area contributed by atoms with Crippen LogP contribution in [0.2, 0.25) is 0 Å². The summed E-state index contributed by atoms with van der Waals surface area (Å²) in [5.74, 6) is -0.286. The van der Waals surface area contributed by atoms with Crippen LogP contribution in [-0.2, 0) is 29.6 Å². The molecule has 0 aliphatic heterocycles. The second-order valence-corrected chi connectivity index (χ2v) is 9.98. The van der Waals surface area contributed by atoms with Crippen molar-refractivity contribution >= 4 is 27.4 Å². The van der Waals surface area contributed by atoms with E-state index in [-0.39, 0.29) is 40.1 Å². The molecule has 0 saturated heterocycles. The summed E-state index contributed by atoms with van der Waals surface area (Å²) in [4.78, 5) is 27.9. The average Bonchev–Trinajstić information content (AvgIpc) is 3.58. The highest BCUT2D eigenvalue weighted by molar-refractivity contribution is 7.89. The van der Waals surface area contributed by atoms with Gasteiger partial charge < -0.3 is 14.5 Å². The number of nitrogens with zero attached hydrogens (tertiary/aromatic N) is 4. The predicted octanol–water partition coefficient (Wildman–Crippen LogP) is 2.97. The summed E-state index contributed by atoms with van der Waals surface area (Å²) < 4.78 is 36.7. The van der Waals surface area contributed by atoms with Gasteiger partial charge in [0.05, 0.1) is 11.9 Å². The highest BCUT2D eigenvalue weighted by Crippen LogP contribution is 2.23. The SMILES string of the molecule is CC(=O)c1ccc(NC(=O)c2coc(COc3ccc(CCCCn4ccnn4)cc3)n2)c(S(N)(=O)=O)c1. The van der Waals surface area contributed by atoms with E-state index in [1.54, 1.807) is 6.20 Å². The van der Waals surface area contributed by atoms with E-state index in [0.717, 1.165) is 38.1 Å². The van der Waals surface area contributed by atoms with Crippen molar-refractivity contribution in [3.8, 4) is 5.75 Å². The third-order valence-electron chi connectivity index (χ3n) is 5.59. The number of nitrogens with two attached hydrogens (primary N) is 1. The molecule has 4 aromatic rings. The summed E-state index contributed by atoms with van der Waals surface area (Å²) in [5.41, 5.74) is 1.16. The molecule has 0 atom stereocenters. The Morgan fingerprint density at radius 3 is 2.61 bits per heavy atom. The molecule has 198 valence electrons. The first-order chi connectivity index (χ1) is 18.2. The molecule has 3 N–H and O–H groups in total. The van der Waals surface area contributed by atoms with Crippen LogP contribution in [-0.4, -0.2) is 40.1 Å². The number of oxazole rings is 1. The molecular weight excluding hydrogens is 512 g/mol. The molecule has 0 saturated carbocycles. The van der Waals surface area contributed by atoms with E-state index in [9.17, 15) is 18.0 Å². The molecule has 12 nitrogen and oxygen atoms in total. The van der Waals surface area contributed by atoms with Crippen LogP contribution in [0.15, 0.2) is 70.4 Å². The van der Waals surface area contributed by atoms with Gasteiger partial charge in [-0.3, -0.25) is 14.3 Å². The van der Waals surface area contributed by atoms with Gasteiger partial charge in [0.2, 0.25) is 15.9 Å². The first kappa shape index (κ1) is 26.7. The number of anilines is 1. The zero-order valence-electron chi connectivity index (χ0n) is 20.5. The van der Waals surface area contributed by atoms with E-state index in [0.29, 0.717) is 5.75 Å². The van der Waals surface area contributed by atoms with Gasteiger partial charge in [-0.15, -0.1) is 5.10 Å². The first-order valence-electron chi connectivity index (χ1n) is 11.7. The van der Waals surface area contributed by atoms with E-state index >= 15 is 0 Å². The molecule has 0 unspecified atom stereocenters. The minimum absolute atomic E-state index is 0.0136. The second kappa shape index (κ2) is 11.8. The van der Waals surface area contributed by atoms with Crippen LogP contribution in [0.1, 0.15) is 52.1 Å². The number of Topliss-reactive ketones (excluding diaryl/α,β-unsaturated/α-hetero) is 1. The van der Waals surface area contributed by atoms with Crippen LogP contribution < -0.4 is 15.2 Å². The van der Waals surface area contributed by atoms with Crippen LogP contribution in [0, 0.1) is 0 Å². The number of carbonyl (C=O) groups excluding carboxylic acids is 2. The third kappa shape index (κ3) is 7.11. The lowest BCUT2D eigenvalue weighted by Crippen LogP contribution is -2.19. The number of primary sulfonamides is 1. The summed E-state index contributed by atoms with van der Waals surface area (Å²) >= 11 is 0. The molecule has 0 spiro atoms. The molecule has 2 heterocycles. The molecule has 1 amide bonds. The minimum atomic E-state index is -4.21. The summed E-state index contributed by atoms with van der Waals surface area (Å²) in [6, 6.07) is 11.5. The van der Waals surface area contributed by atoms with Crippen molar-refractivity contribution in [2.24, 2.45) is 5.14 Å². The number of carbonyl (C=O) groups is 2. The van der Waals surface area contributed by atoms with E-state index in [2.05, 4.69) is 20.6 Å². The molecule has 2 aromatic carbocycles. The minimum Gasteiger partial charge on any atom is -0.484 e. The summed E-state index contributed by atoms with van der Waals surface area (Å²) in [6.07, 6.45) is 7.58. The summed E-state index contributed by atoms with van der Waals surface area (Å²) in [7, 11) is -4.21. The number of amides is 1. The van der Waals surface area contributed by atoms with Crippen LogP contribution in [0.5, 0.6) is 5.75 Å². The van der Waals surface area contributed by atoms with Gasteiger partial charge in [-0.2, -0.15) is 0 Å². The lowest BCUT2D eigenvalue weighted by Gasteiger charge is -2.10. The number of ketones is 1.